The number of allylic oxidation sites excluding steroid dienone is 2. The Morgan fingerprint density at radius 1 is 0.706 bits per heavy atom. The molecule has 0 amide bonds. The maximum Gasteiger partial charge on any atom is 0.472 e. The summed E-state index contributed by atoms with van der Waals surface area (Å²) in [6, 6.07) is 0. The molecule has 0 bridgehead atoms. The van der Waals surface area contributed by atoms with Gasteiger partial charge < -0.3 is 24.8 Å². The van der Waals surface area contributed by atoms with E-state index in [9.17, 15) is 14.3 Å². The van der Waals surface area contributed by atoms with Crippen LogP contribution in [0.2, 0.25) is 0 Å². The van der Waals surface area contributed by atoms with Crippen LogP contribution in [-0.2, 0) is 32.6 Å². The van der Waals surface area contributed by atoms with Crippen LogP contribution in [0.5, 0.6) is 0 Å². The zero-order valence-electron chi connectivity index (χ0n) is 32.8. The first kappa shape index (κ1) is 47.8. The second-order valence-electron chi connectivity index (χ2n) is 14.3. The number of esters is 1. The van der Waals surface area contributed by atoms with Gasteiger partial charge in [-0.15, -0.1) is 0 Å². The summed E-state index contributed by atoms with van der Waals surface area (Å²) < 4.78 is 39.0. The number of rotatable bonds is 39. The Morgan fingerprint density at radius 3 is 1.90 bits per heavy atom. The average molecular weight is 744 g/mol. The van der Waals surface area contributed by atoms with E-state index in [0.29, 0.717) is 18.6 Å². The number of carbonyl (C=O) groups is 1. The summed E-state index contributed by atoms with van der Waals surface area (Å²) in [7, 11) is -4.27. The van der Waals surface area contributed by atoms with Crippen molar-refractivity contribution in [2.45, 2.75) is 206 Å². The third kappa shape index (κ3) is 32.0. The highest BCUT2D eigenvalue weighted by Gasteiger charge is 2.36. The van der Waals surface area contributed by atoms with Crippen molar-refractivity contribution in [1.29, 1.82) is 0 Å². The second kappa shape index (κ2) is 34.5. The van der Waals surface area contributed by atoms with Gasteiger partial charge in [-0.05, 0) is 51.0 Å². The lowest BCUT2D eigenvalue weighted by Gasteiger charge is -2.19. The fourth-order valence-corrected chi connectivity index (χ4v) is 6.87. The normalized spacial score (nSPS) is 17.6. The predicted molar refractivity (Wildman–Crippen MR) is 210 cm³/mol. The van der Waals surface area contributed by atoms with Gasteiger partial charge in [-0.1, -0.05) is 148 Å². The summed E-state index contributed by atoms with van der Waals surface area (Å²) in [5.74, 6) is -0.307. The molecule has 3 N–H and O–H groups in total. The Hall–Kier alpha value is -1.22. The molecular formula is C41H78NO8P. The summed E-state index contributed by atoms with van der Waals surface area (Å²) >= 11 is 0. The molecule has 10 heteroatoms. The van der Waals surface area contributed by atoms with Crippen molar-refractivity contribution < 1.29 is 37.5 Å². The highest BCUT2D eigenvalue weighted by atomic mass is 31.2. The van der Waals surface area contributed by atoms with Crippen LogP contribution in [-0.4, -0.2) is 55.5 Å². The lowest BCUT2D eigenvalue weighted by atomic mass is 10.0. The molecule has 1 rings (SSSR count). The van der Waals surface area contributed by atoms with E-state index < -0.39 is 13.9 Å². The van der Waals surface area contributed by atoms with Crippen molar-refractivity contribution in [3.05, 3.63) is 24.5 Å². The van der Waals surface area contributed by atoms with Crippen LogP contribution in [0.3, 0.4) is 0 Å². The lowest BCUT2D eigenvalue weighted by Crippen LogP contribution is -2.25. The molecule has 4 atom stereocenters. The number of carbonyl (C=O) groups excluding carboxylic acids is 1. The summed E-state index contributed by atoms with van der Waals surface area (Å²) in [4.78, 5) is 22.3. The molecule has 0 aromatic heterocycles. The van der Waals surface area contributed by atoms with Gasteiger partial charge in [0.05, 0.1) is 31.7 Å². The number of unbranched alkanes of at least 4 members (excludes halogenated alkanes) is 21. The number of phosphoric ester groups is 1. The van der Waals surface area contributed by atoms with Crippen molar-refractivity contribution in [3.63, 3.8) is 0 Å². The Labute approximate surface area is 312 Å². The number of hydrogen-bond donors (Lipinski definition) is 2. The quantitative estimate of drug-likeness (QED) is 0.0158. The van der Waals surface area contributed by atoms with Gasteiger partial charge in [0, 0.05) is 13.0 Å². The van der Waals surface area contributed by atoms with Gasteiger partial charge in [0.2, 0.25) is 0 Å². The molecule has 300 valence electrons. The number of nitrogens with two attached hydrogens (primary N) is 1. The number of hydrogen-bond acceptors (Lipinski definition) is 8. The average Bonchev–Trinajstić information content (AvgIpc) is 3.88. The van der Waals surface area contributed by atoms with E-state index in [4.69, 9.17) is 29.0 Å². The molecule has 51 heavy (non-hydrogen) atoms. The molecule has 1 aliphatic rings. The van der Waals surface area contributed by atoms with Crippen molar-refractivity contribution in [3.8, 4) is 0 Å². The van der Waals surface area contributed by atoms with Crippen LogP contribution in [0.4, 0.5) is 0 Å². The van der Waals surface area contributed by atoms with Crippen molar-refractivity contribution in [2.75, 3.05) is 26.4 Å². The highest BCUT2D eigenvalue weighted by Crippen LogP contribution is 2.43. The van der Waals surface area contributed by atoms with E-state index in [1.54, 1.807) is 6.26 Å². The zero-order chi connectivity index (χ0) is 37.1. The van der Waals surface area contributed by atoms with E-state index in [2.05, 4.69) is 26.0 Å². The van der Waals surface area contributed by atoms with E-state index in [1.807, 2.05) is 6.08 Å². The van der Waals surface area contributed by atoms with E-state index in [-0.39, 0.29) is 32.3 Å². The highest BCUT2D eigenvalue weighted by molar-refractivity contribution is 7.47. The largest absolute Gasteiger partial charge is 0.492 e. The standard InChI is InChI=1S/C41H78NO8P/c1-3-5-7-9-11-12-13-14-15-16-17-18-19-20-25-29-34-46-38(37-49-51(44,45)48-35-33-42)36-47-41(43)32-28-24-21-23-27-31-40-39(50-40)30-26-22-10-8-6-4-2/h22,26,29,34,38-40H,3-21,23-25,27-28,30-33,35-37,42H2,1-2H3,(H,44,45)/b26-22-,34-29+/t38-,39?,40?/m1/s1. The first-order valence-corrected chi connectivity index (χ1v) is 22.5. The summed E-state index contributed by atoms with van der Waals surface area (Å²) in [6.45, 7) is 4.17. The van der Waals surface area contributed by atoms with Crippen LogP contribution in [0.15, 0.2) is 24.5 Å². The minimum atomic E-state index is -4.27. The van der Waals surface area contributed by atoms with E-state index in [0.717, 1.165) is 57.8 Å². The van der Waals surface area contributed by atoms with Gasteiger partial charge in [0.1, 0.15) is 6.61 Å². The van der Waals surface area contributed by atoms with Crippen LogP contribution in [0.1, 0.15) is 187 Å². The molecule has 0 aliphatic carbocycles. The molecule has 9 nitrogen and oxygen atoms in total. The molecule has 0 aromatic rings. The Balaban J connectivity index is 2.15. The van der Waals surface area contributed by atoms with Gasteiger partial charge in [-0.25, -0.2) is 4.57 Å². The van der Waals surface area contributed by atoms with Gasteiger partial charge >= 0.3 is 13.8 Å². The number of epoxide rings is 1. The molecule has 1 fully saturated rings. The minimum Gasteiger partial charge on any atom is -0.492 e. The van der Waals surface area contributed by atoms with Crippen molar-refractivity contribution in [2.24, 2.45) is 5.73 Å². The number of phosphoric acid groups is 1. The summed E-state index contributed by atoms with van der Waals surface area (Å²) in [5.41, 5.74) is 5.36. The van der Waals surface area contributed by atoms with E-state index >= 15 is 0 Å². The number of ether oxygens (including phenoxy) is 3. The SMILES string of the molecule is CCCCC/C=C\CC1OC1CCCCCCCC(=O)OC[C@H](COP(=O)(O)OCCN)O/C=C/CCCCCCCCCCCCCCCC. The molecule has 0 saturated carbocycles. The topological polar surface area (TPSA) is 130 Å². The van der Waals surface area contributed by atoms with Gasteiger partial charge in [-0.3, -0.25) is 13.8 Å². The van der Waals surface area contributed by atoms with Crippen molar-refractivity contribution in [1.82, 2.24) is 0 Å². The predicted octanol–water partition coefficient (Wildman–Crippen LogP) is 11.4. The maximum atomic E-state index is 12.4. The first-order valence-electron chi connectivity index (χ1n) is 21.0. The molecule has 0 radical (unpaired) electrons. The van der Waals surface area contributed by atoms with Crippen LogP contribution in [0.25, 0.3) is 0 Å². The Morgan fingerprint density at radius 2 is 1.25 bits per heavy atom. The first-order chi connectivity index (χ1) is 24.9. The molecule has 1 heterocycles. The fourth-order valence-electron chi connectivity index (χ4n) is 6.10. The molecule has 0 spiro atoms. The molecule has 1 aliphatic heterocycles. The maximum absolute atomic E-state index is 12.4. The summed E-state index contributed by atoms with van der Waals surface area (Å²) in [5, 5.41) is 0. The lowest BCUT2D eigenvalue weighted by molar-refractivity contribution is -0.147. The van der Waals surface area contributed by atoms with Gasteiger partial charge in [0.15, 0.2) is 6.10 Å². The second-order valence-corrected chi connectivity index (χ2v) is 15.8. The Bertz CT molecular complexity index is 901. The third-order valence-electron chi connectivity index (χ3n) is 9.38. The molecule has 1 saturated heterocycles. The zero-order valence-corrected chi connectivity index (χ0v) is 33.7. The monoisotopic (exact) mass is 744 g/mol. The summed E-state index contributed by atoms with van der Waals surface area (Å²) in [6.07, 6.45) is 40.3. The van der Waals surface area contributed by atoms with Gasteiger partial charge in [0.25, 0.3) is 0 Å². The van der Waals surface area contributed by atoms with Crippen molar-refractivity contribution >= 4 is 13.8 Å². The molecular weight excluding hydrogens is 665 g/mol. The smallest absolute Gasteiger partial charge is 0.472 e. The van der Waals surface area contributed by atoms with Crippen LogP contribution in [0, 0.1) is 0 Å². The van der Waals surface area contributed by atoms with Gasteiger partial charge in [-0.2, -0.15) is 0 Å². The van der Waals surface area contributed by atoms with Crippen LogP contribution < -0.4 is 5.73 Å². The third-order valence-corrected chi connectivity index (χ3v) is 10.4. The Kier molecular flexibility index (Phi) is 32.4. The minimum absolute atomic E-state index is 0.0740. The van der Waals surface area contributed by atoms with E-state index in [1.165, 1.54) is 109 Å². The molecule has 3 unspecified atom stereocenters. The molecule has 0 aromatic carbocycles. The fraction of sp³-hybridized carbons (Fsp3) is 0.878. The van der Waals surface area contributed by atoms with Crippen LogP contribution >= 0.6 is 7.82 Å².